The van der Waals surface area contributed by atoms with E-state index in [2.05, 4.69) is 5.32 Å². The Morgan fingerprint density at radius 1 is 1.35 bits per heavy atom. The first-order valence-corrected chi connectivity index (χ1v) is 10.3. The van der Waals surface area contributed by atoms with Gasteiger partial charge in [0.25, 0.3) is 5.69 Å². The van der Waals surface area contributed by atoms with Gasteiger partial charge < -0.3 is 14.8 Å². The highest BCUT2D eigenvalue weighted by Crippen LogP contribution is 2.42. The van der Waals surface area contributed by atoms with Gasteiger partial charge in [-0.25, -0.2) is 9.59 Å². The van der Waals surface area contributed by atoms with Gasteiger partial charge in [0.15, 0.2) is 0 Å². The predicted molar refractivity (Wildman–Crippen MR) is 114 cm³/mol. The third-order valence-corrected chi connectivity index (χ3v) is 5.51. The molecule has 1 aliphatic rings. The number of allylic oxidation sites excluding steroid dienone is 1. The SMILES string of the molecule is CCOC(=O)C1=CN(SCCNC=O)C(C)=C(C(=O)OC)C1c1cccc([N+](=O)[O-])c1. The molecule has 1 aromatic carbocycles. The third kappa shape index (κ3) is 5.63. The summed E-state index contributed by atoms with van der Waals surface area (Å²) in [7, 11) is 1.22. The zero-order valence-corrected chi connectivity index (χ0v) is 18.1. The molecule has 11 heteroatoms. The van der Waals surface area contributed by atoms with Crippen LogP contribution in [0.15, 0.2) is 47.3 Å². The number of nitrogens with zero attached hydrogens (tertiary/aromatic N) is 2. The lowest BCUT2D eigenvalue weighted by atomic mass is 9.82. The van der Waals surface area contributed by atoms with E-state index >= 15 is 0 Å². The van der Waals surface area contributed by atoms with Gasteiger partial charge in [-0.3, -0.25) is 19.2 Å². The third-order valence-electron chi connectivity index (χ3n) is 4.47. The second-order valence-corrected chi connectivity index (χ2v) is 7.37. The number of ether oxygens (including phenoxy) is 2. The molecule has 0 fully saturated rings. The molecule has 0 spiro atoms. The first kappa shape index (κ1) is 23.9. The molecule has 1 unspecified atom stereocenters. The maximum absolute atomic E-state index is 12.8. The molecular weight excluding hydrogens is 426 g/mol. The van der Waals surface area contributed by atoms with Crippen LogP contribution >= 0.6 is 11.9 Å². The molecular formula is C20H23N3O7S. The predicted octanol–water partition coefficient (Wildman–Crippen LogP) is 2.28. The van der Waals surface area contributed by atoms with E-state index in [1.807, 2.05) is 0 Å². The number of rotatable bonds is 10. The normalized spacial score (nSPS) is 15.8. The van der Waals surface area contributed by atoms with Crippen LogP contribution in [-0.2, 0) is 23.9 Å². The fourth-order valence-electron chi connectivity index (χ4n) is 3.10. The molecule has 10 nitrogen and oxygen atoms in total. The summed E-state index contributed by atoms with van der Waals surface area (Å²) in [4.78, 5) is 46.7. The number of nitrogens with one attached hydrogen (secondary N) is 1. The fraction of sp³-hybridized carbons (Fsp3) is 0.350. The molecule has 1 N–H and O–H groups in total. The van der Waals surface area contributed by atoms with Crippen molar-refractivity contribution in [3.05, 3.63) is 63.0 Å². The van der Waals surface area contributed by atoms with Gasteiger partial charge in [0.2, 0.25) is 6.41 Å². The highest BCUT2D eigenvalue weighted by molar-refractivity contribution is 7.97. The zero-order chi connectivity index (χ0) is 23.0. The number of carbonyl (C=O) groups is 3. The molecule has 31 heavy (non-hydrogen) atoms. The minimum absolute atomic E-state index is 0.116. The van der Waals surface area contributed by atoms with Crippen LogP contribution in [0.4, 0.5) is 5.69 Å². The van der Waals surface area contributed by atoms with Crippen LogP contribution < -0.4 is 5.32 Å². The molecule has 0 saturated carbocycles. The molecule has 0 radical (unpaired) electrons. The van der Waals surface area contributed by atoms with Crippen LogP contribution in [-0.4, -0.2) is 53.6 Å². The average Bonchev–Trinajstić information content (AvgIpc) is 2.76. The van der Waals surface area contributed by atoms with Crippen LogP contribution in [0.3, 0.4) is 0 Å². The molecule has 1 aliphatic heterocycles. The molecule has 0 bridgehead atoms. The van der Waals surface area contributed by atoms with E-state index in [0.29, 0.717) is 30.0 Å². The van der Waals surface area contributed by atoms with Crippen molar-refractivity contribution in [3.63, 3.8) is 0 Å². The van der Waals surface area contributed by atoms with Crippen molar-refractivity contribution in [1.82, 2.24) is 9.62 Å². The van der Waals surface area contributed by atoms with Crippen LogP contribution in [0.25, 0.3) is 0 Å². The monoisotopic (exact) mass is 449 g/mol. The first-order chi connectivity index (χ1) is 14.8. The van der Waals surface area contributed by atoms with E-state index in [1.54, 1.807) is 30.4 Å². The summed E-state index contributed by atoms with van der Waals surface area (Å²) in [5.41, 5.74) is 1.04. The highest BCUT2D eigenvalue weighted by atomic mass is 32.2. The van der Waals surface area contributed by atoms with Gasteiger partial charge >= 0.3 is 11.9 Å². The lowest BCUT2D eigenvalue weighted by molar-refractivity contribution is -0.384. The minimum atomic E-state index is -0.906. The quantitative estimate of drug-likeness (QED) is 0.143. The summed E-state index contributed by atoms with van der Waals surface area (Å²) in [5, 5.41) is 13.8. The van der Waals surface area contributed by atoms with Crippen molar-refractivity contribution in [1.29, 1.82) is 0 Å². The maximum Gasteiger partial charge on any atom is 0.336 e. The number of carbonyl (C=O) groups excluding carboxylic acids is 3. The second kappa shape index (κ2) is 11.2. The first-order valence-electron chi connectivity index (χ1n) is 9.37. The van der Waals surface area contributed by atoms with Crippen LogP contribution in [0.2, 0.25) is 0 Å². The van der Waals surface area contributed by atoms with Gasteiger partial charge in [0.1, 0.15) is 0 Å². The number of methoxy groups -OCH3 is 1. The lowest BCUT2D eigenvalue weighted by Crippen LogP contribution is -2.30. The summed E-state index contributed by atoms with van der Waals surface area (Å²) in [6, 6.07) is 5.76. The molecule has 0 aromatic heterocycles. The Morgan fingerprint density at radius 3 is 2.71 bits per heavy atom. The molecule has 1 heterocycles. The molecule has 2 rings (SSSR count). The Labute approximate surface area is 183 Å². The smallest absolute Gasteiger partial charge is 0.336 e. The van der Waals surface area contributed by atoms with Gasteiger partial charge in [-0.2, -0.15) is 0 Å². The Bertz CT molecular complexity index is 929. The summed E-state index contributed by atoms with van der Waals surface area (Å²) in [5.74, 6) is -1.75. The topological polar surface area (TPSA) is 128 Å². The van der Waals surface area contributed by atoms with Crippen molar-refractivity contribution >= 4 is 36.0 Å². The van der Waals surface area contributed by atoms with Crippen LogP contribution in [0.5, 0.6) is 0 Å². The van der Waals surface area contributed by atoms with E-state index in [-0.39, 0.29) is 23.4 Å². The molecule has 1 aromatic rings. The number of nitro benzene ring substituents is 1. The number of benzene rings is 1. The van der Waals surface area contributed by atoms with Crippen LogP contribution in [0, 0.1) is 10.1 Å². The van der Waals surface area contributed by atoms with E-state index in [1.165, 1.54) is 37.3 Å². The van der Waals surface area contributed by atoms with Gasteiger partial charge in [-0.1, -0.05) is 12.1 Å². The number of hydrogen-bond acceptors (Lipinski definition) is 9. The Hall–Kier alpha value is -3.34. The van der Waals surface area contributed by atoms with Gasteiger partial charge in [-0.15, -0.1) is 0 Å². The average molecular weight is 449 g/mol. The number of non-ortho nitro benzene ring substituents is 1. The van der Waals surface area contributed by atoms with Crippen molar-refractivity contribution in [2.75, 3.05) is 26.0 Å². The zero-order valence-electron chi connectivity index (χ0n) is 17.3. The van der Waals surface area contributed by atoms with E-state index in [0.717, 1.165) is 0 Å². The summed E-state index contributed by atoms with van der Waals surface area (Å²) in [6.07, 6.45) is 2.13. The van der Waals surface area contributed by atoms with E-state index in [9.17, 15) is 24.5 Å². The number of esters is 2. The second-order valence-electron chi connectivity index (χ2n) is 6.31. The lowest BCUT2D eigenvalue weighted by Gasteiger charge is -2.33. The largest absolute Gasteiger partial charge is 0.466 e. The van der Waals surface area contributed by atoms with E-state index in [4.69, 9.17) is 9.47 Å². The molecule has 0 aliphatic carbocycles. The Kier molecular flexibility index (Phi) is 8.62. The van der Waals surface area contributed by atoms with Gasteiger partial charge in [0.05, 0.1) is 35.7 Å². The Balaban J connectivity index is 2.60. The van der Waals surface area contributed by atoms with Crippen molar-refractivity contribution in [2.45, 2.75) is 19.8 Å². The summed E-state index contributed by atoms with van der Waals surface area (Å²) < 4.78 is 11.8. The number of nitro groups is 1. The van der Waals surface area contributed by atoms with Crippen molar-refractivity contribution in [3.8, 4) is 0 Å². The van der Waals surface area contributed by atoms with Gasteiger partial charge in [-0.05, 0) is 31.4 Å². The van der Waals surface area contributed by atoms with E-state index < -0.39 is 22.8 Å². The van der Waals surface area contributed by atoms with Gasteiger partial charge in [0, 0.05) is 36.3 Å². The molecule has 0 saturated heterocycles. The van der Waals surface area contributed by atoms with Crippen molar-refractivity contribution < 1.29 is 28.8 Å². The minimum Gasteiger partial charge on any atom is -0.466 e. The molecule has 1 atom stereocenters. The summed E-state index contributed by atoms with van der Waals surface area (Å²) >= 11 is 1.28. The Morgan fingerprint density at radius 2 is 2.10 bits per heavy atom. The fourth-order valence-corrected chi connectivity index (χ4v) is 3.99. The standard InChI is InChI=1S/C20H23N3O7S/c1-4-30-19(25)16-11-22(31-9-8-21-12-24)13(2)17(20(26)29-3)18(16)14-6-5-7-15(10-14)23(27)28/h5-7,10-12,18H,4,8-9H2,1-3H3,(H,21,24). The van der Waals surface area contributed by atoms with Crippen molar-refractivity contribution in [2.24, 2.45) is 0 Å². The highest BCUT2D eigenvalue weighted by Gasteiger charge is 2.38. The summed E-state index contributed by atoms with van der Waals surface area (Å²) in [6.45, 7) is 3.84. The van der Waals surface area contributed by atoms with Crippen LogP contribution in [0.1, 0.15) is 25.3 Å². The molecule has 1 amide bonds. The maximum atomic E-state index is 12.8. The molecule has 166 valence electrons. The number of amides is 1. The number of hydrogen-bond donors (Lipinski definition) is 1.